The van der Waals surface area contributed by atoms with Gasteiger partial charge in [-0.25, -0.2) is 4.39 Å². The molecule has 0 aromatic heterocycles. The van der Waals surface area contributed by atoms with Crippen molar-refractivity contribution in [1.82, 2.24) is 4.90 Å². The zero-order valence-electron chi connectivity index (χ0n) is 15.3. The van der Waals surface area contributed by atoms with Gasteiger partial charge in [-0.05, 0) is 48.6 Å². The van der Waals surface area contributed by atoms with Gasteiger partial charge in [-0.2, -0.15) is 0 Å². The number of hydrogen-bond acceptors (Lipinski definition) is 3. The summed E-state index contributed by atoms with van der Waals surface area (Å²) >= 11 is 0. The summed E-state index contributed by atoms with van der Waals surface area (Å²) in [6.07, 6.45) is 2.55. The molecule has 2 aliphatic rings. The van der Waals surface area contributed by atoms with Gasteiger partial charge in [0.1, 0.15) is 18.2 Å². The summed E-state index contributed by atoms with van der Waals surface area (Å²) < 4.78 is 24.7. The third-order valence-corrected chi connectivity index (χ3v) is 5.38. The minimum atomic E-state index is -0.236. The van der Waals surface area contributed by atoms with Crippen LogP contribution in [0.3, 0.4) is 0 Å². The van der Waals surface area contributed by atoms with Crippen molar-refractivity contribution >= 4 is 5.91 Å². The second-order valence-electron chi connectivity index (χ2n) is 7.28. The van der Waals surface area contributed by atoms with E-state index in [4.69, 9.17) is 9.47 Å². The Morgan fingerprint density at radius 1 is 1.11 bits per heavy atom. The Bertz CT molecular complexity index is 784. The van der Waals surface area contributed by atoms with E-state index >= 15 is 0 Å². The summed E-state index contributed by atoms with van der Waals surface area (Å²) in [5.74, 6) is 0.743. The van der Waals surface area contributed by atoms with E-state index in [2.05, 4.69) is 0 Å². The number of nitrogens with zero attached hydrogens (tertiary/aromatic N) is 1. The van der Waals surface area contributed by atoms with Crippen LogP contribution in [-0.2, 0) is 22.6 Å². The lowest BCUT2D eigenvalue weighted by Gasteiger charge is -2.35. The molecule has 1 atom stereocenters. The molecule has 0 N–H and O–H groups in total. The van der Waals surface area contributed by atoms with Crippen LogP contribution in [0.5, 0.6) is 5.75 Å². The van der Waals surface area contributed by atoms with Gasteiger partial charge in [0, 0.05) is 13.1 Å². The number of piperidine rings is 1. The molecule has 5 heteroatoms. The molecule has 2 aliphatic heterocycles. The molecule has 0 bridgehead atoms. The number of rotatable bonds is 4. The van der Waals surface area contributed by atoms with E-state index in [0.717, 1.165) is 36.1 Å². The summed E-state index contributed by atoms with van der Waals surface area (Å²) in [5, 5.41) is 0. The molecule has 4 rings (SSSR count). The summed E-state index contributed by atoms with van der Waals surface area (Å²) in [4.78, 5) is 14.8. The van der Waals surface area contributed by atoms with Gasteiger partial charge in [0.05, 0.1) is 18.6 Å². The lowest BCUT2D eigenvalue weighted by molar-refractivity contribution is -0.139. The number of carbonyl (C=O) groups excluding carboxylic acids is 1. The highest BCUT2D eigenvalue weighted by Gasteiger charge is 2.31. The zero-order chi connectivity index (χ0) is 18.6. The van der Waals surface area contributed by atoms with Crippen molar-refractivity contribution in [2.75, 3.05) is 19.7 Å². The van der Waals surface area contributed by atoms with Gasteiger partial charge in [-0.1, -0.05) is 30.3 Å². The molecular formula is C22H24FNO3. The van der Waals surface area contributed by atoms with Crippen molar-refractivity contribution in [3.63, 3.8) is 0 Å². The first-order valence-electron chi connectivity index (χ1n) is 9.54. The van der Waals surface area contributed by atoms with E-state index in [0.29, 0.717) is 26.3 Å². The number of amides is 1. The molecule has 2 heterocycles. The van der Waals surface area contributed by atoms with Crippen molar-refractivity contribution in [2.24, 2.45) is 5.92 Å². The van der Waals surface area contributed by atoms with Crippen LogP contribution in [0, 0.1) is 11.7 Å². The van der Waals surface area contributed by atoms with Crippen molar-refractivity contribution < 1.29 is 18.7 Å². The van der Waals surface area contributed by atoms with Gasteiger partial charge < -0.3 is 14.4 Å². The highest BCUT2D eigenvalue weighted by atomic mass is 19.1. The average molecular weight is 369 g/mol. The van der Waals surface area contributed by atoms with Crippen molar-refractivity contribution in [1.29, 1.82) is 0 Å². The maximum Gasteiger partial charge on any atom is 0.229 e. The minimum Gasteiger partial charge on any atom is -0.492 e. The van der Waals surface area contributed by atoms with Gasteiger partial charge in [-0.15, -0.1) is 0 Å². The van der Waals surface area contributed by atoms with Crippen LogP contribution in [0.15, 0.2) is 48.5 Å². The predicted molar refractivity (Wildman–Crippen MR) is 99.9 cm³/mol. The molecule has 27 heavy (non-hydrogen) atoms. The monoisotopic (exact) mass is 369 g/mol. The standard InChI is InChI=1S/C22H24FNO3/c23-19-7-5-16(6-8-19)14-26-20-9-11-24(12-10-20)22(25)18-13-17-3-1-2-4-21(17)27-15-18/h1-8,18,20H,9-15H2. The number of para-hydroxylation sites is 1. The fourth-order valence-electron chi connectivity index (χ4n) is 3.78. The van der Waals surface area contributed by atoms with E-state index < -0.39 is 0 Å². The highest BCUT2D eigenvalue weighted by molar-refractivity contribution is 5.80. The molecule has 1 saturated heterocycles. The molecule has 0 aliphatic carbocycles. The van der Waals surface area contributed by atoms with Gasteiger partial charge in [0.25, 0.3) is 0 Å². The SMILES string of the molecule is O=C(C1COc2ccccc2C1)N1CCC(OCc2ccc(F)cc2)CC1. The Morgan fingerprint density at radius 3 is 2.63 bits per heavy atom. The molecular weight excluding hydrogens is 345 g/mol. The Balaban J connectivity index is 1.25. The third kappa shape index (κ3) is 4.30. The van der Waals surface area contributed by atoms with Crippen LogP contribution >= 0.6 is 0 Å². The van der Waals surface area contributed by atoms with Crippen LogP contribution < -0.4 is 4.74 Å². The van der Waals surface area contributed by atoms with Crippen LogP contribution in [0.25, 0.3) is 0 Å². The predicted octanol–water partition coefficient (Wildman–Crippen LogP) is 3.58. The van der Waals surface area contributed by atoms with Crippen LogP contribution in [0.2, 0.25) is 0 Å². The first-order chi connectivity index (χ1) is 13.2. The topological polar surface area (TPSA) is 38.8 Å². The number of ether oxygens (including phenoxy) is 2. The van der Waals surface area contributed by atoms with E-state index in [-0.39, 0.29) is 23.7 Å². The lowest BCUT2D eigenvalue weighted by atomic mass is 9.94. The Labute approximate surface area is 158 Å². The van der Waals surface area contributed by atoms with E-state index in [1.807, 2.05) is 29.2 Å². The maximum absolute atomic E-state index is 12.9. The zero-order valence-corrected chi connectivity index (χ0v) is 15.3. The van der Waals surface area contributed by atoms with Gasteiger partial charge in [0.15, 0.2) is 0 Å². The summed E-state index contributed by atoms with van der Waals surface area (Å²) in [5.41, 5.74) is 2.08. The number of benzene rings is 2. The molecule has 0 radical (unpaired) electrons. The number of halogens is 1. The normalized spacial score (nSPS) is 20.0. The molecule has 0 saturated carbocycles. The number of carbonyl (C=O) groups is 1. The summed E-state index contributed by atoms with van der Waals surface area (Å²) in [6, 6.07) is 14.3. The van der Waals surface area contributed by atoms with Crippen LogP contribution in [-0.4, -0.2) is 36.6 Å². The second kappa shape index (κ2) is 8.09. The van der Waals surface area contributed by atoms with Gasteiger partial charge in [-0.3, -0.25) is 4.79 Å². The summed E-state index contributed by atoms with van der Waals surface area (Å²) in [6.45, 7) is 2.36. The molecule has 0 spiro atoms. The van der Waals surface area contributed by atoms with Gasteiger partial charge >= 0.3 is 0 Å². The smallest absolute Gasteiger partial charge is 0.229 e. The molecule has 142 valence electrons. The Kier molecular flexibility index (Phi) is 5.39. The molecule has 2 aromatic rings. The number of hydrogen-bond donors (Lipinski definition) is 0. The first-order valence-corrected chi connectivity index (χ1v) is 9.54. The molecule has 1 amide bonds. The minimum absolute atomic E-state index is 0.100. The molecule has 2 aromatic carbocycles. The average Bonchev–Trinajstić information content (AvgIpc) is 2.73. The second-order valence-corrected chi connectivity index (χ2v) is 7.28. The van der Waals surface area contributed by atoms with Crippen molar-refractivity contribution in [2.45, 2.75) is 32.0 Å². The number of likely N-dealkylation sites (tertiary alicyclic amines) is 1. The number of fused-ring (bicyclic) bond motifs is 1. The molecule has 1 unspecified atom stereocenters. The quantitative estimate of drug-likeness (QED) is 0.827. The molecule has 1 fully saturated rings. The van der Waals surface area contributed by atoms with Gasteiger partial charge in [0.2, 0.25) is 5.91 Å². The Hall–Kier alpha value is -2.40. The Morgan fingerprint density at radius 2 is 1.85 bits per heavy atom. The fourth-order valence-corrected chi connectivity index (χ4v) is 3.78. The van der Waals surface area contributed by atoms with E-state index in [1.165, 1.54) is 12.1 Å². The van der Waals surface area contributed by atoms with Crippen LogP contribution in [0.4, 0.5) is 4.39 Å². The molecule has 4 nitrogen and oxygen atoms in total. The van der Waals surface area contributed by atoms with Crippen LogP contribution in [0.1, 0.15) is 24.0 Å². The fraction of sp³-hybridized carbons (Fsp3) is 0.409. The lowest BCUT2D eigenvalue weighted by Crippen LogP contribution is -2.46. The maximum atomic E-state index is 12.9. The summed E-state index contributed by atoms with van der Waals surface area (Å²) in [7, 11) is 0. The van der Waals surface area contributed by atoms with Crippen molar-refractivity contribution in [3.8, 4) is 5.75 Å². The first kappa shape index (κ1) is 18.0. The van der Waals surface area contributed by atoms with E-state index in [1.54, 1.807) is 12.1 Å². The highest BCUT2D eigenvalue weighted by Crippen LogP contribution is 2.28. The largest absolute Gasteiger partial charge is 0.492 e. The third-order valence-electron chi connectivity index (χ3n) is 5.38. The van der Waals surface area contributed by atoms with Crippen molar-refractivity contribution in [3.05, 3.63) is 65.5 Å². The van der Waals surface area contributed by atoms with E-state index in [9.17, 15) is 9.18 Å².